The molecule has 1 saturated heterocycles. The molecular formula is C25H28N4O3S. The number of furan rings is 1. The molecule has 2 aliphatic heterocycles. The van der Waals surface area contributed by atoms with Crippen molar-refractivity contribution in [3.05, 3.63) is 70.6 Å². The Morgan fingerprint density at radius 3 is 2.67 bits per heavy atom. The van der Waals surface area contributed by atoms with Crippen molar-refractivity contribution in [3.8, 4) is 0 Å². The predicted octanol–water partition coefficient (Wildman–Crippen LogP) is 3.83. The molecule has 0 spiro atoms. The van der Waals surface area contributed by atoms with Gasteiger partial charge in [0.25, 0.3) is 5.91 Å². The number of piperidine rings is 1. The highest BCUT2D eigenvalue weighted by Gasteiger charge is 2.27. The summed E-state index contributed by atoms with van der Waals surface area (Å²) in [6.45, 7) is 3.63. The Morgan fingerprint density at radius 1 is 1.09 bits per heavy atom. The van der Waals surface area contributed by atoms with E-state index in [1.54, 1.807) is 12.1 Å². The highest BCUT2D eigenvalue weighted by molar-refractivity contribution is 7.15. The molecule has 2 amide bonds. The molecular weight excluding hydrogens is 436 g/mol. The maximum Gasteiger partial charge on any atom is 0.293 e. The monoisotopic (exact) mass is 464 g/mol. The Bertz CT molecular complexity index is 1090. The largest absolute Gasteiger partial charge is 0.459 e. The van der Waals surface area contributed by atoms with Crippen LogP contribution in [-0.2, 0) is 24.2 Å². The number of hydrogen-bond acceptors (Lipinski definition) is 6. The fourth-order valence-corrected chi connectivity index (χ4v) is 5.67. The smallest absolute Gasteiger partial charge is 0.293 e. The first kappa shape index (κ1) is 21.9. The third-order valence-electron chi connectivity index (χ3n) is 6.47. The lowest BCUT2D eigenvalue weighted by Gasteiger charge is -2.34. The van der Waals surface area contributed by atoms with E-state index < -0.39 is 0 Å². The number of fused-ring (bicyclic) bond motifs is 1. The zero-order valence-electron chi connectivity index (χ0n) is 18.5. The van der Waals surface area contributed by atoms with Gasteiger partial charge >= 0.3 is 0 Å². The Labute approximate surface area is 197 Å². The number of nitrogens with zero attached hydrogens (tertiary/aromatic N) is 3. The highest BCUT2D eigenvalue weighted by atomic mass is 32.1. The van der Waals surface area contributed by atoms with Crippen LogP contribution in [0, 0.1) is 5.92 Å². The molecule has 4 heterocycles. The van der Waals surface area contributed by atoms with E-state index in [0.29, 0.717) is 24.1 Å². The minimum Gasteiger partial charge on any atom is -0.459 e. The normalized spacial score (nSPS) is 17.0. The van der Waals surface area contributed by atoms with E-state index >= 15 is 0 Å². The molecule has 5 rings (SSSR count). The summed E-state index contributed by atoms with van der Waals surface area (Å²) in [6, 6.07) is 13.9. The van der Waals surface area contributed by atoms with Crippen molar-refractivity contribution in [2.45, 2.75) is 32.2 Å². The van der Waals surface area contributed by atoms with Crippen LogP contribution in [0.15, 0.2) is 53.1 Å². The van der Waals surface area contributed by atoms with E-state index in [0.717, 1.165) is 55.9 Å². The number of carbonyl (C=O) groups is 2. The van der Waals surface area contributed by atoms with E-state index in [4.69, 9.17) is 4.42 Å². The average Bonchev–Trinajstić information content (AvgIpc) is 3.50. The lowest BCUT2D eigenvalue weighted by Crippen LogP contribution is -2.45. The Hall–Kier alpha value is -2.97. The highest BCUT2D eigenvalue weighted by Crippen LogP contribution is 2.29. The number of aromatic nitrogens is 1. The van der Waals surface area contributed by atoms with Gasteiger partial charge in [-0.2, -0.15) is 0 Å². The van der Waals surface area contributed by atoms with Crippen LogP contribution in [0.5, 0.6) is 0 Å². The summed E-state index contributed by atoms with van der Waals surface area (Å²) in [7, 11) is 0. The van der Waals surface area contributed by atoms with Gasteiger partial charge in [-0.15, -0.1) is 11.3 Å². The summed E-state index contributed by atoms with van der Waals surface area (Å²) in [5, 5.41) is 3.39. The van der Waals surface area contributed by atoms with Crippen molar-refractivity contribution in [3.63, 3.8) is 0 Å². The molecule has 1 N–H and O–H groups in total. The zero-order valence-corrected chi connectivity index (χ0v) is 19.4. The third-order valence-corrected chi connectivity index (χ3v) is 7.47. The van der Waals surface area contributed by atoms with Crippen molar-refractivity contribution in [2.75, 3.05) is 31.5 Å². The van der Waals surface area contributed by atoms with Gasteiger partial charge in [-0.05, 0) is 42.9 Å². The van der Waals surface area contributed by atoms with Crippen molar-refractivity contribution in [2.24, 2.45) is 5.92 Å². The fraction of sp³-hybridized carbons (Fsp3) is 0.400. The Balaban J connectivity index is 1.10. The summed E-state index contributed by atoms with van der Waals surface area (Å²) in [4.78, 5) is 35.0. The molecule has 0 atom stereocenters. The first-order valence-corrected chi connectivity index (χ1v) is 12.3. The summed E-state index contributed by atoms with van der Waals surface area (Å²) in [5.41, 5.74) is 2.40. The van der Waals surface area contributed by atoms with Crippen LogP contribution >= 0.6 is 11.3 Å². The lowest BCUT2D eigenvalue weighted by molar-refractivity contribution is -0.134. The minimum absolute atomic E-state index is 0.215. The molecule has 33 heavy (non-hydrogen) atoms. The quantitative estimate of drug-likeness (QED) is 0.600. The van der Waals surface area contributed by atoms with E-state index in [2.05, 4.69) is 45.5 Å². The van der Waals surface area contributed by atoms with Crippen LogP contribution in [0.4, 0.5) is 5.13 Å². The van der Waals surface area contributed by atoms with Gasteiger partial charge in [-0.1, -0.05) is 30.3 Å². The molecule has 1 aromatic carbocycles. The van der Waals surface area contributed by atoms with Crippen LogP contribution in [0.25, 0.3) is 0 Å². The van der Waals surface area contributed by atoms with E-state index in [-0.39, 0.29) is 17.6 Å². The van der Waals surface area contributed by atoms with Crippen molar-refractivity contribution in [1.82, 2.24) is 14.8 Å². The SMILES string of the molecule is O=C(Nc1nc2c(s1)CN(CC(=O)N1CCC(Cc3ccccc3)CC1)CC2)c1ccco1. The molecule has 8 heteroatoms. The summed E-state index contributed by atoms with van der Waals surface area (Å²) in [6.07, 6.45) is 5.50. The van der Waals surface area contributed by atoms with Crippen LogP contribution in [-0.4, -0.2) is 52.8 Å². The van der Waals surface area contributed by atoms with Crippen LogP contribution in [0.2, 0.25) is 0 Å². The number of likely N-dealkylation sites (tertiary alicyclic amines) is 1. The summed E-state index contributed by atoms with van der Waals surface area (Å²) in [5.74, 6) is 0.838. The van der Waals surface area contributed by atoms with Gasteiger partial charge in [0.05, 0.1) is 18.5 Å². The molecule has 0 aliphatic carbocycles. The topological polar surface area (TPSA) is 78.7 Å². The third kappa shape index (κ3) is 5.34. The molecule has 2 aromatic heterocycles. The molecule has 0 radical (unpaired) electrons. The molecule has 3 aromatic rings. The maximum absolute atomic E-state index is 12.9. The molecule has 172 valence electrons. The number of rotatable bonds is 6. The van der Waals surface area contributed by atoms with E-state index in [9.17, 15) is 9.59 Å². The van der Waals surface area contributed by atoms with Gasteiger partial charge in [-0.25, -0.2) is 4.98 Å². The number of carbonyl (C=O) groups excluding carboxylic acids is 2. The second-order valence-corrected chi connectivity index (χ2v) is 9.88. The molecule has 2 aliphatic rings. The van der Waals surface area contributed by atoms with Crippen LogP contribution in [0.3, 0.4) is 0 Å². The zero-order chi connectivity index (χ0) is 22.6. The average molecular weight is 465 g/mol. The first-order valence-electron chi connectivity index (χ1n) is 11.5. The van der Waals surface area contributed by atoms with Crippen molar-refractivity contribution >= 4 is 28.3 Å². The van der Waals surface area contributed by atoms with Gasteiger partial charge in [0.1, 0.15) is 0 Å². The summed E-state index contributed by atoms with van der Waals surface area (Å²) >= 11 is 1.48. The predicted molar refractivity (Wildman–Crippen MR) is 127 cm³/mol. The van der Waals surface area contributed by atoms with Crippen LogP contribution in [0.1, 0.15) is 39.5 Å². The second-order valence-electron chi connectivity index (χ2n) is 8.79. The van der Waals surface area contributed by atoms with Crippen molar-refractivity contribution < 1.29 is 14.0 Å². The standard InChI is InChI=1S/C25H28N4O3S/c30-23(29-12-8-19(9-13-29)15-18-5-2-1-3-6-18)17-28-11-10-20-22(16-28)33-25(26-20)27-24(31)21-7-4-14-32-21/h1-7,14,19H,8-13,15-17H2,(H,26,27,31). The van der Waals surface area contributed by atoms with Gasteiger partial charge < -0.3 is 9.32 Å². The van der Waals surface area contributed by atoms with E-state index in [1.807, 2.05) is 4.90 Å². The number of amides is 2. The number of anilines is 1. The fourth-order valence-electron chi connectivity index (χ4n) is 4.63. The molecule has 1 fully saturated rings. The summed E-state index contributed by atoms with van der Waals surface area (Å²) < 4.78 is 5.14. The van der Waals surface area contributed by atoms with Gasteiger partial charge in [0, 0.05) is 37.5 Å². The first-order chi connectivity index (χ1) is 16.1. The molecule has 0 unspecified atom stereocenters. The van der Waals surface area contributed by atoms with Crippen molar-refractivity contribution in [1.29, 1.82) is 0 Å². The molecule has 7 nitrogen and oxygen atoms in total. The van der Waals surface area contributed by atoms with E-state index in [1.165, 1.54) is 23.2 Å². The number of thiazole rings is 1. The number of hydrogen-bond donors (Lipinski definition) is 1. The molecule has 0 saturated carbocycles. The number of benzene rings is 1. The lowest BCUT2D eigenvalue weighted by atomic mass is 9.90. The van der Waals surface area contributed by atoms with Gasteiger partial charge in [0.2, 0.25) is 5.91 Å². The maximum atomic E-state index is 12.9. The van der Waals surface area contributed by atoms with Gasteiger partial charge in [0.15, 0.2) is 10.9 Å². The van der Waals surface area contributed by atoms with Crippen LogP contribution < -0.4 is 5.32 Å². The molecule has 0 bridgehead atoms. The number of nitrogens with one attached hydrogen (secondary N) is 1. The second kappa shape index (κ2) is 9.89. The van der Waals surface area contributed by atoms with Gasteiger partial charge in [-0.3, -0.25) is 19.8 Å². The minimum atomic E-state index is -0.297. The Morgan fingerprint density at radius 2 is 1.91 bits per heavy atom. The Kier molecular flexibility index (Phi) is 6.55.